The summed E-state index contributed by atoms with van der Waals surface area (Å²) in [6.45, 7) is 4.81. The fraction of sp³-hybridized carbons (Fsp3) is 0.826. The Balaban J connectivity index is 1.36. The maximum absolute atomic E-state index is 12.2. The number of epoxide rings is 1. The number of hydrogen-bond donors (Lipinski definition) is 0. The third kappa shape index (κ3) is 1.47. The minimum atomic E-state index is -0.239. The predicted molar refractivity (Wildman–Crippen MR) is 96.6 cm³/mol. The van der Waals surface area contributed by atoms with Crippen molar-refractivity contribution >= 4 is 11.8 Å². The number of carbonyl (C=O) groups is 2. The van der Waals surface area contributed by atoms with Crippen LogP contribution in [0.3, 0.4) is 0 Å². The van der Waals surface area contributed by atoms with Gasteiger partial charge in [-0.15, -0.1) is 0 Å². The van der Waals surface area contributed by atoms with Crippen LogP contribution >= 0.6 is 0 Å². The maximum atomic E-state index is 12.2. The van der Waals surface area contributed by atoms with Crippen molar-refractivity contribution in [3.05, 3.63) is 11.6 Å². The summed E-state index contributed by atoms with van der Waals surface area (Å²) >= 11 is 0. The molecule has 0 amide bonds. The van der Waals surface area contributed by atoms with Gasteiger partial charge in [0.25, 0.3) is 0 Å². The normalized spacial score (nSPS) is 62.0. The van der Waals surface area contributed by atoms with Gasteiger partial charge >= 0.3 is 5.97 Å². The Morgan fingerprint density at radius 1 is 1.11 bits per heavy atom. The van der Waals surface area contributed by atoms with Crippen LogP contribution in [0.1, 0.15) is 65.2 Å². The third-order valence-corrected chi connectivity index (χ3v) is 10.4. The molecule has 144 valence electrons. The van der Waals surface area contributed by atoms with Gasteiger partial charge in [0.05, 0.1) is 6.10 Å². The molecule has 0 N–H and O–H groups in total. The molecule has 2 spiro atoms. The topological polar surface area (TPSA) is 55.9 Å². The van der Waals surface area contributed by atoms with E-state index in [0.29, 0.717) is 42.3 Å². The quantitative estimate of drug-likeness (QED) is 0.484. The summed E-state index contributed by atoms with van der Waals surface area (Å²) in [4.78, 5) is 24.2. The van der Waals surface area contributed by atoms with Gasteiger partial charge in [0.15, 0.2) is 5.78 Å². The Hall–Kier alpha value is -1.16. The molecule has 0 aromatic carbocycles. The molecule has 4 saturated carbocycles. The minimum absolute atomic E-state index is 0.00124. The molecule has 2 heterocycles. The smallest absolute Gasteiger partial charge is 0.306 e. The number of rotatable bonds is 0. The van der Waals surface area contributed by atoms with Crippen LogP contribution in [0.25, 0.3) is 0 Å². The van der Waals surface area contributed by atoms with Crippen molar-refractivity contribution in [1.29, 1.82) is 0 Å². The summed E-state index contributed by atoms with van der Waals surface area (Å²) in [7, 11) is 0. The Bertz CT molecular complexity index is 845. The number of ketones is 1. The Morgan fingerprint density at radius 2 is 1.96 bits per heavy atom. The zero-order chi connectivity index (χ0) is 18.4. The lowest BCUT2D eigenvalue weighted by Gasteiger charge is -2.56. The summed E-state index contributed by atoms with van der Waals surface area (Å²) < 4.78 is 12.8. The first-order valence-electron chi connectivity index (χ1n) is 11.0. The van der Waals surface area contributed by atoms with Crippen LogP contribution in [-0.2, 0) is 19.1 Å². The van der Waals surface area contributed by atoms with Crippen LogP contribution < -0.4 is 0 Å². The Morgan fingerprint density at radius 3 is 2.74 bits per heavy atom. The number of fused-ring (bicyclic) bond motifs is 7. The molecule has 5 aliphatic carbocycles. The third-order valence-electron chi connectivity index (χ3n) is 10.4. The fourth-order valence-electron chi connectivity index (χ4n) is 9.12. The number of ether oxygens (including phenoxy) is 2. The lowest BCUT2D eigenvalue weighted by Crippen LogP contribution is -2.60. The second kappa shape index (κ2) is 4.22. The molecule has 6 fully saturated rings. The summed E-state index contributed by atoms with van der Waals surface area (Å²) in [5, 5.41) is 0. The van der Waals surface area contributed by atoms with Crippen LogP contribution in [-0.4, -0.2) is 29.1 Å². The first-order chi connectivity index (χ1) is 12.8. The van der Waals surface area contributed by atoms with Gasteiger partial charge in [-0.25, -0.2) is 0 Å². The Kier molecular flexibility index (Phi) is 2.46. The van der Waals surface area contributed by atoms with E-state index in [-0.39, 0.29) is 34.1 Å². The highest BCUT2D eigenvalue weighted by molar-refractivity contribution is 5.92. The van der Waals surface area contributed by atoms with Crippen molar-refractivity contribution in [2.75, 3.05) is 0 Å². The van der Waals surface area contributed by atoms with E-state index in [1.54, 1.807) is 0 Å². The lowest BCUT2D eigenvalue weighted by molar-refractivity contribution is -0.164. The molecular formula is C23H28O4. The van der Waals surface area contributed by atoms with Gasteiger partial charge in [-0.2, -0.15) is 0 Å². The van der Waals surface area contributed by atoms with Gasteiger partial charge < -0.3 is 9.47 Å². The van der Waals surface area contributed by atoms with Crippen LogP contribution in [0.15, 0.2) is 11.6 Å². The molecule has 0 aromatic heterocycles. The van der Waals surface area contributed by atoms with Crippen LogP contribution in [0.2, 0.25) is 0 Å². The van der Waals surface area contributed by atoms with Crippen molar-refractivity contribution in [2.45, 2.75) is 82.5 Å². The molecule has 0 bridgehead atoms. The summed E-state index contributed by atoms with van der Waals surface area (Å²) in [6.07, 6.45) is 9.85. The second-order valence-electron chi connectivity index (χ2n) is 11.1. The molecule has 4 nitrogen and oxygen atoms in total. The molecule has 0 radical (unpaired) electrons. The molecule has 7 aliphatic rings. The van der Waals surface area contributed by atoms with E-state index >= 15 is 0 Å². The molecular weight excluding hydrogens is 340 g/mol. The van der Waals surface area contributed by atoms with Crippen molar-refractivity contribution in [3.8, 4) is 0 Å². The average molecular weight is 368 g/mol. The fourth-order valence-corrected chi connectivity index (χ4v) is 9.12. The van der Waals surface area contributed by atoms with Crippen LogP contribution in [0, 0.1) is 34.5 Å². The summed E-state index contributed by atoms with van der Waals surface area (Å²) in [5.41, 5.74) is 1.24. The molecule has 2 saturated heterocycles. The highest BCUT2D eigenvalue weighted by atomic mass is 16.6. The van der Waals surface area contributed by atoms with E-state index < -0.39 is 0 Å². The standard InChI is InChI=1S/C23H28O4/c1-20-6-3-12(24)9-16(20)13-10-14(13)19-15-4-7-22(8-5-18(25)27-22)21(15,2)11-17-23(19,20)26-17/h9,13-15,17,19H,3-8,10-11H2,1-2H3/t13?,14?,15?,17?,19?,20?,21?,22-,23-/m1/s1. The second-order valence-corrected chi connectivity index (χ2v) is 11.1. The van der Waals surface area contributed by atoms with Crippen molar-refractivity contribution in [3.63, 3.8) is 0 Å². The number of esters is 1. The monoisotopic (exact) mass is 368 g/mol. The summed E-state index contributed by atoms with van der Waals surface area (Å²) in [6, 6.07) is 0. The van der Waals surface area contributed by atoms with Gasteiger partial charge in [0, 0.05) is 23.7 Å². The summed E-state index contributed by atoms with van der Waals surface area (Å²) in [5.74, 6) is 2.77. The first-order valence-corrected chi connectivity index (χ1v) is 11.0. The average Bonchev–Trinajstić information content (AvgIpc) is 3.49. The van der Waals surface area contributed by atoms with Gasteiger partial charge in [0.2, 0.25) is 0 Å². The molecule has 7 unspecified atom stereocenters. The molecule has 0 aromatic rings. The maximum Gasteiger partial charge on any atom is 0.306 e. The van der Waals surface area contributed by atoms with Gasteiger partial charge in [-0.3, -0.25) is 9.59 Å². The zero-order valence-electron chi connectivity index (χ0n) is 16.3. The van der Waals surface area contributed by atoms with Crippen molar-refractivity contribution in [1.82, 2.24) is 0 Å². The van der Waals surface area contributed by atoms with Crippen LogP contribution in [0.4, 0.5) is 0 Å². The van der Waals surface area contributed by atoms with Gasteiger partial charge in [-0.1, -0.05) is 19.4 Å². The van der Waals surface area contributed by atoms with E-state index in [2.05, 4.69) is 13.8 Å². The molecule has 9 atom stereocenters. The predicted octanol–water partition coefficient (Wildman–Crippen LogP) is 3.58. The highest BCUT2D eigenvalue weighted by Gasteiger charge is 2.85. The number of carbonyl (C=O) groups excluding carboxylic acids is 2. The SMILES string of the molecule is CC12CC3O[C@@]34C(C3CC3C3=CC(=O)CCC34C)C1CC[C@@]21CCC(=O)O1. The van der Waals surface area contributed by atoms with Crippen molar-refractivity contribution in [2.24, 2.45) is 34.5 Å². The lowest BCUT2D eigenvalue weighted by atomic mass is 9.46. The molecule has 27 heavy (non-hydrogen) atoms. The largest absolute Gasteiger partial charge is 0.458 e. The van der Waals surface area contributed by atoms with Gasteiger partial charge in [-0.05, 0) is 68.3 Å². The van der Waals surface area contributed by atoms with E-state index in [9.17, 15) is 9.59 Å². The van der Waals surface area contributed by atoms with E-state index in [1.165, 1.54) is 18.4 Å². The van der Waals surface area contributed by atoms with Gasteiger partial charge in [0.1, 0.15) is 11.2 Å². The number of hydrogen-bond acceptors (Lipinski definition) is 4. The van der Waals surface area contributed by atoms with Crippen molar-refractivity contribution < 1.29 is 19.1 Å². The zero-order valence-corrected chi connectivity index (χ0v) is 16.3. The minimum Gasteiger partial charge on any atom is -0.458 e. The van der Waals surface area contributed by atoms with E-state index in [0.717, 1.165) is 25.7 Å². The highest BCUT2D eigenvalue weighted by Crippen LogP contribution is 2.82. The van der Waals surface area contributed by atoms with E-state index in [1.807, 2.05) is 6.08 Å². The molecule has 7 rings (SSSR count). The van der Waals surface area contributed by atoms with Crippen LogP contribution in [0.5, 0.6) is 0 Å². The molecule has 4 heteroatoms. The Labute approximate surface area is 160 Å². The molecule has 2 aliphatic heterocycles. The van der Waals surface area contributed by atoms with E-state index in [4.69, 9.17) is 9.47 Å². The first kappa shape index (κ1) is 15.7.